The lowest BCUT2D eigenvalue weighted by Gasteiger charge is -2.06. The van der Waals surface area contributed by atoms with E-state index >= 15 is 0 Å². The molecule has 0 radical (unpaired) electrons. The lowest BCUT2D eigenvalue weighted by molar-refractivity contribution is -0.120. The van der Waals surface area contributed by atoms with Gasteiger partial charge in [0.2, 0.25) is 5.91 Å². The zero-order chi connectivity index (χ0) is 17.4. The minimum absolute atomic E-state index is 0.0378. The average molecular weight is 321 g/mol. The number of hydrazone groups is 1. The Morgan fingerprint density at radius 3 is 2.83 bits per heavy atom. The number of hydrogen-bond acceptors (Lipinski definition) is 4. The van der Waals surface area contributed by atoms with Crippen molar-refractivity contribution in [2.45, 2.75) is 20.3 Å². The maximum atomic E-state index is 12.0. The highest BCUT2D eigenvalue weighted by atomic mass is 16.5. The molecule has 0 bridgehead atoms. The highest BCUT2D eigenvalue weighted by molar-refractivity contribution is 5.85. The fraction of sp³-hybridized carbons (Fsp3) is 0.211. The van der Waals surface area contributed by atoms with Crippen molar-refractivity contribution < 1.29 is 9.53 Å². The molecule has 0 fully saturated rings. The van der Waals surface area contributed by atoms with Gasteiger partial charge >= 0.3 is 0 Å². The molecular weight excluding hydrogens is 302 g/mol. The molecule has 0 aliphatic rings. The van der Waals surface area contributed by atoms with Crippen LogP contribution in [0.3, 0.4) is 0 Å². The fourth-order valence-corrected chi connectivity index (χ4v) is 2.26. The van der Waals surface area contributed by atoms with Crippen molar-refractivity contribution in [3.63, 3.8) is 0 Å². The predicted molar refractivity (Wildman–Crippen MR) is 92.9 cm³/mol. The van der Waals surface area contributed by atoms with E-state index in [0.29, 0.717) is 11.3 Å². The molecule has 122 valence electrons. The zero-order valence-corrected chi connectivity index (χ0v) is 13.7. The molecular formula is C19H19N3O2. The highest BCUT2D eigenvalue weighted by Crippen LogP contribution is 2.15. The van der Waals surface area contributed by atoms with Crippen molar-refractivity contribution in [3.05, 3.63) is 64.7 Å². The van der Waals surface area contributed by atoms with Crippen molar-refractivity contribution in [1.82, 2.24) is 5.43 Å². The lowest BCUT2D eigenvalue weighted by atomic mass is 10.0. The summed E-state index contributed by atoms with van der Waals surface area (Å²) in [4.78, 5) is 12.0. The Morgan fingerprint density at radius 1 is 1.29 bits per heavy atom. The van der Waals surface area contributed by atoms with Gasteiger partial charge in [-0.25, -0.2) is 5.43 Å². The zero-order valence-electron chi connectivity index (χ0n) is 13.7. The lowest BCUT2D eigenvalue weighted by Crippen LogP contribution is -2.20. The maximum absolute atomic E-state index is 12.0. The van der Waals surface area contributed by atoms with E-state index < -0.39 is 0 Å². The van der Waals surface area contributed by atoms with E-state index in [4.69, 9.17) is 10.00 Å². The van der Waals surface area contributed by atoms with E-state index in [1.807, 2.05) is 44.2 Å². The van der Waals surface area contributed by atoms with Crippen LogP contribution < -0.4 is 10.2 Å². The summed E-state index contributed by atoms with van der Waals surface area (Å²) in [6, 6.07) is 15.1. The first-order valence-electron chi connectivity index (χ1n) is 7.57. The molecule has 0 spiro atoms. The van der Waals surface area contributed by atoms with Gasteiger partial charge in [-0.15, -0.1) is 0 Å². The van der Waals surface area contributed by atoms with Crippen LogP contribution >= 0.6 is 0 Å². The van der Waals surface area contributed by atoms with Crippen LogP contribution in [0, 0.1) is 25.2 Å². The number of nitriles is 1. The molecule has 2 aromatic carbocycles. The number of rotatable bonds is 6. The molecule has 2 rings (SSSR count). The Kier molecular flexibility index (Phi) is 6.09. The predicted octanol–water partition coefficient (Wildman–Crippen LogP) is 2.90. The molecule has 5 nitrogen and oxygen atoms in total. The molecule has 2 aromatic rings. The van der Waals surface area contributed by atoms with E-state index in [1.54, 1.807) is 12.1 Å². The van der Waals surface area contributed by atoms with Gasteiger partial charge in [0.15, 0.2) is 6.61 Å². The van der Waals surface area contributed by atoms with E-state index in [1.165, 1.54) is 11.8 Å². The van der Waals surface area contributed by atoms with E-state index in [0.717, 1.165) is 11.1 Å². The summed E-state index contributed by atoms with van der Waals surface area (Å²) >= 11 is 0. The smallest absolute Gasteiger partial charge is 0.244 e. The van der Waals surface area contributed by atoms with E-state index in [9.17, 15) is 4.79 Å². The third-order valence-electron chi connectivity index (χ3n) is 3.45. The van der Waals surface area contributed by atoms with Crippen LogP contribution in [-0.2, 0) is 11.2 Å². The fourth-order valence-electron chi connectivity index (χ4n) is 2.26. The Bertz CT molecular complexity index is 791. The van der Waals surface area contributed by atoms with Gasteiger partial charge in [0, 0.05) is 5.56 Å². The SMILES string of the molecule is Cc1ccc(CC(=O)N/N=C/c2ccccc2OCC#N)c(C)c1. The standard InChI is InChI=1S/C19H19N3O2/c1-14-7-8-16(15(2)11-14)12-19(23)22-21-13-17-5-3-4-6-18(17)24-10-9-20/h3-8,11,13H,10,12H2,1-2H3,(H,22,23)/b21-13+. The van der Waals surface area contributed by atoms with Crippen molar-refractivity contribution in [2.24, 2.45) is 5.10 Å². The number of nitrogens with zero attached hydrogens (tertiary/aromatic N) is 2. The van der Waals surface area contributed by atoms with Gasteiger partial charge in [-0.2, -0.15) is 10.4 Å². The normalized spacial score (nSPS) is 10.4. The molecule has 0 aromatic heterocycles. The number of aryl methyl sites for hydroxylation is 2. The Balaban J connectivity index is 1.96. The van der Waals surface area contributed by atoms with Gasteiger partial charge in [0.25, 0.3) is 0 Å². The van der Waals surface area contributed by atoms with Gasteiger partial charge in [0.1, 0.15) is 11.8 Å². The minimum Gasteiger partial charge on any atom is -0.478 e. The number of ether oxygens (including phenoxy) is 1. The number of amides is 1. The summed E-state index contributed by atoms with van der Waals surface area (Å²) in [5.41, 5.74) is 6.44. The number of para-hydroxylation sites is 1. The first-order chi connectivity index (χ1) is 11.6. The number of carbonyl (C=O) groups excluding carboxylic acids is 1. The summed E-state index contributed by atoms with van der Waals surface area (Å²) in [7, 11) is 0. The second-order valence-corrected chi connectivity index (χ2v) is 5.38. The van der Waals surface area contributed by atoms with Gasteiger partial charge in [-0.05, 0) is 37.1 Å². The molecule has 0 saturated carbocycles. The second-order valence-electron chi connectivity index (χ2n) is 5.38. The third-order valence-corrected chi connectivity index (χ3v) is 3.45. The molecule has 0 aliphatic carbocycles. The Labute approximate surface area is 141 Å². The van der Waals surface area contributed by atoms with Crippen molar-refractivity contribution in [1.29, 1.82) is 5.26 Å². The van der Waals surface area contributed by atoms with Crippen molar-refractivity contribution in [3.8, 4) is 11.8 Å². The molecule has 0 aliphatic heterocycles. The topological polar surface area (TPSA) is 74.5 Å². The monoisotopic (exact) mass is 321 g/mol. The summed E-state index contributed by atoms with van der Waals surface area (Å²) in [6.07, 6.45) is 1.78. The quantitative estimate of drug-likeness (QED) is 0.656. The van der Waals surface area contributed by atoms with Crippen LogP contribution in [0.2, 0.25) is 0 Å². The van der Waals surface area contributed by atoms with Gasteiger partial charge in [-0.1, -0.05) is 35.9 Å². The Morgan fingerprint density at radius 2 is 2.08 bits per heavy atom. The van der Waals surface area contributed by atoms with E-state index in [-0.39, 0.29) is 18.9 Å². The van der Waals surface area contributed by atoms with E-state index in [2.05, 4.69) is 16.6 Å². The summed E-state index contributed by atoms with van der Waals surface area (Å²) in [5.74, 6) is 0.361. The molecule has 0 atom stereocenters. The number of benzene rings is 2. The van der Waals surface area contributed by atoms with Crippen LogP contribution in [0.5, 0.6) is 5.75 Å². The Hall–Kier alpha value is -3.13. The molecule has 5 heteroatoms. The van der Waals surface area contributed by atoms with Crippen LogP contribution in [-0.4, -0.2) is 18.7 Å². The minimum atomic E-state index is -0.186. The molecule has 0 heterocycles. The highest BCUT2D eigenvalue weighted by Gasteiger charge is 2.05. The number of hydrogen-bond donors (Lipinski definition) is 1. The summed E-state index contributed by atoms with van der Waals surface area (Å²) in [5, 5.41) is 12.5. The van der Waals surface area contributed by atoms with Crippen LogP contribution in [0.25, 0.3) is 0 Å². The van der Waals surface area contributed by atoms with Crippen molar-refractivity contribution >= 4 is 12.1 Å². The van der Waals surface area contributed by atoms with Crippen LogP contribution in [0.4, 0.5) is 0 Å². The summed E-state index contributed by atoms with van der Waals surface area (Å²) in [6.45, 7) is 3.97. The molecule has 0 saturated heterocycles. The van der Waals surface area contributed by atoms with Crippen LogP contribution in [0.1, 0.15) is 22.3 Å². The molecule has 24 heavy (non-hydrogen) atoms. The number of carbonyl (C=O) groups is 1. The van der Waals surface area contributed by atoms with Crippen LogP contribution in [0.15, 0.2) is 47.6 Å². The second kappa shape index (κ2) is 8.49. The largest absolute Gasteiger partial charge is 0.478 e. The van der Waals surface area contributed by atoms with Gasteiger partial charge in [-0.3, -0.25) is 4.79 Å². The molecule has 1 amide bonds. The first-order valence-corrected chi connectivity index (χ1v) is 7.57. The third kappa shape index (κ3) is 4.96. The average Bonchev–Trinajstić information content (AvgIpc) is 2.56. The molecule has 0 unspecified atom stereocenters. The van der Waals surface area contributed by atoms with Gasteiger partial charge < -0.3 is 4.74 Å². The number of nitrogens with one attached hydrogen (secondary N) is 1. The maximum Gasteiger partial charge on any atom is 0.244 e. The summed E-state index contributed by atoms with van der Waals surface area (Å²) < 4.78 is 5.30. The first kappa shape index (κ1) is 17.2. The van der Waals surface area contributed by atoms with Gasteiger partial charge in [0.05, 0.1) is 12.6 Å². The van der Waals surface area contributed by atoms with Crippen molar-refractivity contribution in [2.75, 3.05) is 6.61 Å². The molecule has 1 N–H and O–H groups in total.